The van der Waals surface area contributed by atoms with Crippen LogP contribution in [0.25, 0.3) is 0 Å². The second-order valence-corrected chi connectivity index (χ2v) is 5.46. The van der Waals surface area contributed by atoms with Crippen molar-refractivity contribution in [3.05, 3.63) is 29.8 Å². The first-order valence-corrected chi connectivity index (χ1v) is 6.76. The molecule has 0 saturated carbocycles. The van der Waals surface area contributed by atoms with Gasteiger partial charge in [0.15, 0.2) is 0 Å². The van der Waals surface area contributed by atoms with Gasteiger partial charge in [0, 0.05) is 6.54 Å². The second-order valence-electron chi connectivity index (χ2n) is 3.75. The summed E-state index contributed by atoms with van der Waals surface area (Å²) in [5.41, 5.74) is 6.14. The molecule has 1 rings (SSSR count). The SMILES string of the molecule is COC(=O)[C@H](CN)NS(=O)(=O)c1cccc(C)c1.Cl. The number of hydrogen-bond donors (Lipinski definition) is 2. The zero-order valence-corrected chi connectivity index (χ0v) is 12.3. The Morgan fingerprint density at radius 1 is 1.47 bits per heavy atom. The molecule has 0 amide bonds. The Kier molecular flexibility index (Phi) is 6.99. The molecular formula is C11H17ClN2O4S. The van der Waals surface area contributed by atoms with Crippen LogP contribution in [-0.4, -0.2) is 34.1 Å². The molecule has 1 atom stereocenters. The Labute approximate surface area is 118 Å². The number of carbonyl (C=O) groups is 1. The zero-order valence-electron chi connectivity index (χ0n) is 10.6. The Hall–Kier alpha value is -1.15. The van der Waals surface area contributed by atoms with Crippen LogP contribution >= 0.6 is 12.4 Å². The summed E-state index contributed by atoms with van der Waals surface area (Å²) in [5.74, 6) is -0.714. The van der Waals surface area contributed by atoms with Crippen molar-refractivity contribution in [2.45, 2.75) is 17.9 Å². The topological polar surface area (TPSA) is 98.5 Å². The lowest BCUT2D eigenvalue weighted by atomic mass is 10.2. The van der Waals surface area contributed by atoms with Crippen LogP contribution in [0.1, 0.15) is 5.56 Å². The Morgan fingerprint density at radius 3 is 2.58 bits per heavy atom. The number of benzene rings is 1. The Balaban J connectivity index is 0.00000324. The minimum atomic E-state index is -3.78. The van der Waals surface area contributed by atoms with E-state index < -0.39 is 22.0 Å². The molecule has 0 aliphatic rings. The van der Waals surface area contributed by atoms with E-state index in [0.717, 1.165) is 5.56 Å². The largest absolute Gasteiger partial charge is 0.468 e. The lowest BCUT2D eigenvalue weighted by Gasteiger charge is -2.14. The van der Waals surface area contributed by atoms with Gasteiger partial charge in [-0.15, -0.1) is 12.4 Å². The number of aryl methyl sites for hydroxylation is 1. The van der Waals surface area contributed by atoms with Gasteiger partial charge in [0.1, 0.15) is 6.04 Å². The van der Waals surface area contributed by atoms with Crippen molar-refractivity contribution in [2.24, 2.45) is 5.73 Å². The molecule has 0 saturated heterocycles. The quantitative estimate of drug-likeness (QED) is 0.757. The zero-order chi connectivity index (χ0) is 13.8. The first-order valence-electron chi connectivity index (χ1n) is 5.27. The molecule has 0 heterocycles. The number of rotatable bonds is 5. The molecule has 108 valence electrons. The van der Waals surface area contributed by atoms with Crippen molar-refractivity contribution in [1.29, 1.82) is 0 Å². The van der Waals surface area contributed by atoms with E-state index >= 15 is 0 Å². The summed E-state index contributed by atoms with van der Waals surface area (Å²) in [4.78, 5) is 11.4. The number of nitrogens with two attached hydrogens (primary N) is 1. The molecule has 0 bridgehead atoms. The number of methoxy groups -OCH3 is 1. The van der Waals surface area contributed by atoms with E-state index in [2.05, 4.69) is 9.46 Å². The summed E-state index contributed by atoms with van der Waals surface area (Å²) in [6.07, 6.45) is 0. The average Bonchev–Trinajstić information content (AvgIpc) is 2.35. The lowest BCUT2D eigenvalue weighted by Crippen LogP contribution is -2.46. The average molecular weight is 309 g/mol. The fraction of sp³-hybridized carbons (Fsp3) is 0.364. The predicted octanol–water partition coefficient (Wildman–Crippen LogP) is 0.195. The van der Waals surface area contributed by atoms with E-state index in [-0.39, 0.29) is 23.8 Å². The van der Waals surface area contributed by atoms with Gasteiger partial charge in [0.25, 0.3) is 0 Å². The van der Waals surface area contributed by atoms with E-state index in [1.54, 1.807) is 19.1 Å². The fourth-order valence-corrected chi connectivity index (χ4v) is 2.67. The molecule has 1 aromatic rings. The smallest absolute Gasteiger partial charge is 0.325 e. The first-order chi connectivity index (χ1) is 8.40. The normalized spacial score (nSPS) is 12.4. The summed E-state index contributed by atoms with van der Waals surface area (Å²) >= 11 is 0. The van der Waals surface area contributed by atoms with E-state index in [0.29, 0.717) is 0 Å². The molecular weight excluding hydrogens is 292 g/mol. The van der Waals surface area contributed by atoms with Crippen molar-refractivity contribution < 1.29 is 17.9 Å². The van der Waals surface area contributed by atoms with Gasteiger partial charge < -0.3 is 10.5 Å². The summed E-state index contributed by atoms with van der Waals surface area (Å²) in [7, 11) is -2.61. The first kappa shape index (κ1) is 17.8. The molecule has 0 aliphatic carbocycles. The molecule has 0 fully saturated rings. The van der Waals surface area contributed by atoms with Crippen molar-refractivity contribution in [2.75, 3.05) is 13.7 Å². The third-order valence-corrected chi connectivity index (χ3v) is 3.79. The maximum Gasteiger partial charge on any atom is 0.325 e. The number of halogens is 1. The highest BCUT2D eigenvalue weighted by Crippen LogP contribution is 2.11. The fourth-order valence-electron chi connectivity index (χ4n) is 1.37. The van der Waals surface area contributed by atoms with E-state index in [1.807, 2.05) is 0 Å². The maximum absolute atomic E-state index is 12.0. The molecule has 8 heteroatoms. The van der Waals surface area contributed by atoms with Crippen molar-refractivity contribution in [1.82, 2.24) is 4.72 Å². The van der Waals surface area contributed by atoms with Crippen LogP contribution in [0.4, 0.5) is 0 Å². The van der Waals surface area contributed by atoms with Gasteiger partial charge in [0.05, 0.1) is 12.0 Å². The third-order valence-electron chi connectivity index (χ3n) is 2.32. The highest BCUT2D eigenvalue weighted by atomic mass is 35.5. The maximum atomic E-state index is 12.0. The molecule has 19 heavy (non-hydrogen) atoms. The van der Waals surface area contributed by atoms with Gasteiger partial charge in [-0.1, -0.05) is 12.1 Å². The van der Waals surface area contributed by atoms with Gasteiger partial charge in [0.2, 0.25) is 10.0 Å². The summed E-state index contributed by atoms with van der Waals surface area (Å²) in [6, 6.07) is 5.27. The van der Waals surface area contributed by atoms with Crippen molar-refractivity contribution >= 4 is 28.4 Å². The summed E-state index contributed by atoms with van der Waals surface area (Å²) < 4.78 is 30.7. The molecule has 0 spiro atoms. The van der Waals surface area contributed by atoms with E-state index in [9.17, 15) is 13.2 Å². The van der Waals surface area contributed by atoms with Crippen molar-refractivity contribution in [3.63, 3.8) is 0 Å². The molecule has 0 unspecified atom stereocenters. The number of sulfonamides is 1. The number of hydrogen-bond acceptors (Lipinski definition) is 5. The second kappa shape index (κ2) is 7.44. The molecule has 0 radical (unpaired) electrons. The number of ether oxygens (including phenoxy) is 1. The Bertz CT molecular complexity index is 533. The minimum Gasteiger partial charge on any atom is -0.468 e. The van der Waals surface area contributed by atoms with Crippen LogP contribution in [0.5, 0.6) is 0 Å². The van der Waals surface area contributed by atoms with Gasteiger partial charge >= 0.3 is 5.97 Å². The van der Waals surface area contributed by atoms with Gasteiger partial charge in [-0.2, -0.15) is 4.72 Å². The Morgan fingerprint density at radius 2 is 2.11 bits per heavy atom. The van der Waals surface area contributed by atoms with Crippen LogP contribution < -0.4 is 10.5 Å². The van der Waals surface area contributed by atoms with Crippen LogP contribution in [-0.2, 0) is 19.6 Å². The van der Waals surface area contributed by atoms with Gasteiger partial charge in [-0.25, -0.2) is 8.42 Å². The highest BCUT2D eigenvalue weighted by Gasteiger charge is 2.25. The molecule has 0 aliphatic heterocycles. The summed E-state index contributed by atoms with van der Waals surface area (Å²) in [6.45, 7) is 1.61. The monoisotopic (exact) mass is 308 g/mol. The predicted molar refractivity (Wildman–Crippen MR) is 73.6 cm³/mol. The molecule has 1 aromatic carbocycles. The van der Waals surface area contributed by atoms with Crippen LogP contribution in [0.15, 0.2) is 29.2 Å². The molecule has 0 aromatic heterocycles. The third kappa shape index (κ3) is 4.79. The summed E-state index contributed by atoms with van der Waals surface area (Å²) in [5, 5.41) is 0. The number of carbonyl (C=O) groups excluding carboxylic acids is 1. The van der Waals surface area contributed by atoms with Gasteiger partial charge in [-0.05, 0) is 24.6 Å². The van der Waals surface area contributed by atoms with Crippen molar-refractivity contribution in [3.8, 4) is 0 Å². The van der Waals surface area contributed by atoms with E-state index in [1.165, 1.54) is 19.2 Å². The standard InChI is InChI=1S/C11H16N2O4S.ClH/c1-8-4-3-5-9(6-8)18(15,16)13-10(7-12)11(14)17-2;/h3-6,10,13H,7,12H2,1-2H3;1H/t10-;/m0./s1. The molecule has 3 N–H and O–H groups in total. The minimum absolute atomic E-state index is 0. The van der Waals surface area contributed by atoms with Gasteiger partial charge in [-0.3, -0.25) is 4.79 Å². The number of nitrogens with one attached hydrogen (secondary N) is 1. The highest BCUT2D eigenvalue weighted by molar-refractivity contribution is 7.89. The van der Waals surface area contributed by atoms with Crippen LogP contribution in [0, 0.1) is 6.92 Å². The van der Waals surface area contributed by atoms with Crippen LogP contribution in [0.2, 0.25) is 0 Å². The molecule has 6 nitrogen and oxygen atoms in total. The lowest BCUT2D eigenvalue weighted by molar-refractivity contribution is -0.142. The van der Waals surface area contributed by atoms with E-state index in [4.69, 9.17) is 5.73 Å². The van der Waals surface area contributed by atoms with Crippen LogP contribution in [0.3, 0.4) is 0 Å². The number of esters is 1.